The fourth-order valence-corrected chi connectivity index (χ4v) is 2.84. The third-order valence-electron chi connectivity index (χ3n) is 4.76. The van der Waals surface area contributed by atoms with Crippen molar-refractivity contribution in [3.8, 4) is 0 Å². The van der Waals surface area contributed by atoms with Crippen LogP contribution in [0.25, 0.3) is 0 Å². The highest BCUT2D eigenvalue weighted by Crippen LogP contribution is 2.44. The van der Waals surface area contributed by atoms with Gasteiger partial charge in [-0.2, -0.15) is 0 Å². The molecule has 0 aliphatic carbocycles. The van der Waals surface area contributed by atoms with E-state index >= 15 is 0 Å². The smallest absolute Gasteiger partial charge is 0.0921 e. The third kappa shape index (κ3) is 3.52. The first-order valence-corrected chi connectivity index (χ1v) is 8.39. The molecule has 0 aliphatic rings. The van der Waals surface area contributed by atoms with Gasteiger partial charge in [-0.1, -0.05) is 80.6 Å². The van der Waals surface area contributed by atoms with Gasteiger partial charge in [0.25, 0.3) is 0 Å². The zero-order chi connectivity index (χ0) is 17.8. The zero-order valence-electron chi connectivity index (χ0n) is 14.6. The summed E-state index contributed by atoms with van der Waals surface area (Å²) in [6, 6.07) is 18.0. The van der Waals surface area contributed by atoms with Crippen molar-refractivity contribution in [1.82, 2.24) is 0 Å². The number of allylic oxidation sites excluding steroid dienone is 1. The van der Waals surface area contributed by atoms with Crippen LogP contribution in [0.3, 0.4) is 0 Å². The van der Waals surface area contributed by atoms with Gasteiger partial charge in [-0.05, 0) is 36.3 Å². The molecular weight excluding hydrogens is 314 g/mol. The Morgan fingerprint density at radius 1 is 1.00 bits per heavy atom. The molecule has 2 aromatic carbocycles. The molecular formula is C22H24ClN. The lowest BCUT2D eigenvalue weighted by Crippen LogP contribution is -2.37. The zero-order valence-corrected chi connectivity index (χ0v) is 15.3. The average molecular weight is 338 g/mol. The number of aliphatic imine (C=N–C) groups is 1. The maximum absolute atomic E-state index is 6.24. The molecule has 0 aromatic heterocycles. The normalized spacial score (nSPS) is 14.8. The minimum atomic E-state index is -0.529. The number of halogens is 1. The molecule has 0 saturated carbocycles. The van der Waals surface area contributed by atoms with Crippen molar-refractivity contribution in [2.75, 3.05) is 0 Å². The molecule has 1 atom stereocenters. The van der Waals surface area contributed by atoms with E-state index in [4.69, 9.17) is 16.6 Å². The molecule has 0 saturated heterocycles. The van der Waals surface area contributed by atoms with E-state index in [2.05, 4.69) is 40.0 Å². The summed E-state index contributed by atoms with van der Waals surface area (Å²) in [7, 11) is 0. The van der Waals surface area contributed by atoms with Crippen LogP contribution in [0.1, 0.15) is 31.9 Å². The maximum Gasteiger partial charge on any atom is 0.0921 e. The lowest BCUT2D eigenvalue weighted by molar-refractivity contribution is 0.255. The largest absolute Gasteiger partial charge is 0.273 e. The second kappa shape index (κ2) is 7.19. The second-order valence-corrected chi connectivity index (χ2v) is 7.01. The van der Waals surface area contributed by atoms with E-state index in [9.17, 15) is 0 Å². The number of hydrogen-bond donors (Lipinski definition) is 0. The summed E-state index contributed by atoms with van der Waals surface area (Å²) in [6.07, 6.45) is 3.75. The van der Waals surface area contributed by atoms with Gasteiger partial charge in [-0.25, -0.2) is 0 Å². The van der Waals surface area contributed by atoms with Crippen molar-refractivity contribution in [3.63, 3.8) is 0 Å². The first-order chi connectivity index (χ1) is 11.3. The van der Waals surface area contributed by atoms with Crippen LogP contribution in [-0.2, 0) is 5.54 Å². The standard InChI is InChI=1S/C22H24ClN/c1-6-20(17-12-9-8-10-13-17)24-22(5,21(3,4)7-2)18-14-11-15-19(23)16-18/h6-16H,1-2H2,3-5H3/b24-20+/t22-/m0/s1. The molecule has 2 aromatic rings. The van der Waals surface area contributed by atoms with Gasteiger partial charge in [0.1, 0.15) is 0 Å². The fourth-order valence-electron chi connectivity index (χ4n) is 2.65. The Hall–Kier alpha value is -2.12. The Bertz CT molecular complexity index is 759. The molecule has 24 heavy (non-hydrogen) atoms. The quantitative estimate of drug-likeness (QED) is 0.424. The summed E-state index contributed by atoms with van der Waals surface area (Å²) < 4.78 is 0. The molecule has 0 bridgehead atoms. The summed E-state index contributed by atoms with van der Waals surface area (Å²) >= 11 is 6.24. The first kappa shape index (κ1) is 18.2. The van der Waals surface area contributed by atoms with Crippen LogP contribution in [0.5, 0.6) is 0 Å². The molecule has 2 heteroatoms. The summed E-state index contributed by atoms with van der Waals surface area (Å²) in [5, 5.41) is 0.702. The van der Waals surface area contributed by atoms with Crippen LogP contribution < -0.4 is 0 Å². The molecule has 0 fully saturated rings. The van der Waals surface area contributed by atoms with Gasteiger partial charge in [0.05, 0.1) is 11.3 Å². The number of benzene rings is 2. The topological polar surface area (TPSA) is 12.4 Å². The highest BCUT2D eigenvalue weighted by molar-refractivity contribution is 6.30. The molecule has 1 nitrogen and oxygen atoms in total. The van der Waals surface area contributed by atoms with Gasteiger partial charge >= 0.3 is 0 Å². The summed E-state index contributed by atoms with van der Waals surface area (Å²) in [6.45, 7) is 14.4. The summed E-state index contributed by atoms with van der Waals surface area (Å²) in [4.78, 5) is 5.12. The minimum absolute atomic E-state index is 0.277. The van der Waals surface area contributed by atoms with Crippen molar-refractivity contribution in [1.29, 1.82) is 0 Å². The van der Waals surface area contributed by atoms with E-state index in [1.807, 2.05) is 54.6 Å². The maximum atomic E-state index is 6.24. The molecule has 0 unspecified atom stereocenters. The lowest BCUT2D eigenvalue weighted by atomic mass is 9.69. The molecule has 124 valence electrons. The number of hydrogen-bond acceptors (Lipinski definition) is 1. The van der Waals surface area contributed by atoms with Crippen LogP contribution in [0.4, 0.5) is 0 Å². The van der Waals surface area contributed by atoms with Crippen molar-refractivity contribution in [2.45, 2.75) is 26.3 Å². The Labute approximate surface area is 150 Å². The Balaban J connectivity index is 2.69. The monoisotopic (exact) mass is 337 g/mol. The van der Waals surface area contributed by atoms with E-state index in [1.54, 1.807) is 6.08 Å². The van der Waals surface area contributed by atoms with Crippen molar-refractivity contribution in [2.24, 2.45) is 10.4 Å². The fraction of sp³-hybridized carbons (Fsp3) is 0.227. The first-order valence-electron chi connectivity index (χ1n) is 8.01. The second-order valence-electron chi connectivity index (χ2n) is 6.58. The predicted octanol–water partition coefficient (Wildman–Crippen LogP) is 6.44. The Morgan fingerprint density at radius 3 is 2.21 bits per heavy atom. The van der Waals surface area contributed by atoms with Crippen LogP contribution in [-0.4, -0.2) is 5.71 Å². The lowest BCUT2D eigenvalue weighted by Gasteiger charge is -2.40. The Morgan fingerprint density at radius 2 is 1.67 bits per heavy atom. The van der Waals surface area contributed by atoms with Crippen molar-refractivity contribution >= 4 is 17.3 Å². The van der Waals surface area contributed by atoms with E-state index in [1.165, 1.54) is 0 Å². The highest BCUT2D eigenvalue weighted by atomic mass is 35.5. The van der Waals surface area contributed by atoms with Crippen LogP contribution >= 0.6 is 11.6 Å². The van der Waals surface area contributed by atoms with Crippen LogP contribution in [0.15, 0.2) is 84.9 Å². The highest BCUT2D eigenvalue weighted by Gasteiger charge is 2.40. The molecule has 0 N–H and O–H groups in total. The Kier molecular flexibility index (Phi) is 5.46. The molecule has 2 rings (SSSR count). The average Bonchev–Trinajstić information content (AvgIpc) is 2.60. The predicted molar refractivity (Wildman–Crippen MR) is 106 cm³/mol. The van der Waals surface area contributed by atoms with Gasteiger partial charge in [-0.3, -0.25) is 4.99 Å². The van der Waals surface area contributed by atoms with Gasteiger partial charge in [-0.15, -0.1) is 6.58 Å². The number of nitrogens with zero attached hydrogens (tertiary/aromatic N) is 1. The molecule has 0 radical (unpaired) electrons. The third-order valence-corrected chi connectivity index (χ3v) is 4.99. The molecule has 0 aliphatic heterocycles. The van der Waals surface area contributed by atoms with E-state index in [0.717, 1.165) is 16.8 Å². The molecule has 0 amide bonds. The summed E-state index contributed by atoms with van der Waals surface area (Å²) in [5.41, 5.74) is 2.14. The van der Waals surface area contributed by atoms with E-state index < -0.39 is 5.54 Å². The van der Waals surface area contributed by atoms with Gasteiger partial charge in [0.2, 0.25) is 0 Å². The molecule has 0 spiro atoms. The van der Waals surface area contributed by atoms with Crippen molar-refractivity contribution < 1.29 is 0 Å². The number of rotatable bonds is 6. The molecule has 0 heterocycles. The van der Waals surface area contributed by atoms with Gasteiger partial charge < -0.3 is 0 Å². The van der Waals surface area contributed by atoms with E-state index in [0.29, 0.717) is 5.02 Å². The minimum Gasteiger partial charge on any atom is -0.273 e. The van der Waals surface area contributed by atoms with Crippen LogP contribution in [0, 0.1) is 5.41 Å². The van der Waals surface area contributed by atoms with Crippen LogP contribution in [0.2, 0.25) is 5.02 Å². The van der Waals surface area contributed by atoms with E-state index in [-0.39, 0.29) is 5.41 Å². The van der Waals surface area contributed by atoms with Gasteiger partial charge in [0.15, 0.2) is 0 Å². The SMILES string of the molecule is C=C/C(=N\[C@@](C)(c1cccc(Cl)c1)C(C)(C)C=C)c1ccccc1. The van der Waals surface area contributed by atoms with Crippen molar-refractivity contribution in [3.05, 3.63) is 96.1 Å². The van der Waals surface area contributed by atoms with Gasteiger partial charge in [0, 0.05) is 10.4 Å². The summed E-state index contributed by atoms with van der Waals surface area (Å²) in [5.74, 6) is 0.